The number of thiophene rings is 1. The van der Waals surface area contributed by atoms with E-state index in [4.69, 9.17) is 4.74 Å². The molecule has 1 amide bonds. The zero-order valence-corrected chi connectivity index (χ0v) is 17.3. The van der Waals surface area contributed by atoms with Gasteiger partial charge in [-0.15, -0.1) is 11.3 Å². The highest BCUT2D eigenvalue weighted by Gasteiger charge is 2.29. The van der Waals surface area contributed by atoms with Crippen molar-refractivity contribution in [1.29, 1.82) is 0 Å². The van der Waals surface area contributed by atoms with Gasteiger partial charge in [0.25, 0.3) is 0 Å². The number of hydrogen-bond donors (Lipinski definition) is 1. The number of carbonyl (C=O) groups is 2. The first-order chi connectivity index (χ1) is 12.9. The molecule has 1 aromatic heterocycles. The van der Waals surface area contributed by atoms with E-state index in [1.807, 2.05) is 26.0 Å². The molecule has 0 unspecified atom stereocenters. The van der Waals surface area contributed by atoms with Gasteiger partial charge in [-0.05, 0) is 62.6 Å². The van der Waals surface area contributed by atoms with Crippen molar-refractivity contribution in [3.63, 3.8) is 0 Å². The standard InChI is InChI=1S/C22H27NO3S/c1-5-26-22(25)20-17-9-7-14(3)11-18(17)27-21(20)23-19(24)12-16-8-6-13(2)10-15(16)4/h6,8,10,14H,5,7,9,11-12H2,1-4H3,(H,23,24)/t14-/m0/s1. The molecule has 1 aromatic carbocycles. The minimum Gasteiger partial charge on any atom is -0.462 e. The van der Waals surface area contributed by atoms with Crippen LogP contribution in [0.25, 0.3) is 0 Å². The van der Waals surface area contributed by atoms with Gasteiger partial charge in [0.2, 0.25) is 5.91 Å². The number of esters is 1. The minimum absolute atomic E-state index is 0.0980. The lowest BCUT2D eigenvalue weighted by atomic mass is 9.88. The Labute approximate surface area is 164 Å². The number of fused-ring (bicyclic) bond motifs is 1. The van der Waals surface area contributed by atoms with E-state index in [2.05, 4.69) is 18.3 Å². The van der Waals surface area contributed by atoms with Crippen molar-refractivity contribution in [2.24, 2.45) is 5.92 Å². The molecule has 3 rings (SSSR count). The second-order valence-corrected chi connectivity index (χ2v) is 8.54. The molecule has 0 bridgehead atoms. The topological polar surface area (TPSA) is 55.4 Å². The molecular weight excluding hydrogens is 358 g/mol. The number of carbonyl (C=O) groups excluding carboxylic acids is 2. The first-order valence-corrected chi connectivity index (χ1v) is 10.4. The van der Waals surface area contributed by atoms with Crippen LogP contribution in [-0.2, 0) is 28.8 Å². The van der Waals surface area contributed by atoms with Crippen molar-refractivity contribution in [3.8, 4) is 0 Å². The van der Waals surface area contributed by atoms with E-state index in [0.29, 0.717) is 29.5 Å². The molecule has 0 saturated carbocycles. The van der Waals surface area contributed by atoms with E-state index < -0.39 is 0 Å². The third-order valence-electron chi connectivity index (χ3n) is 5.09. The Kier molecular flexibility index (Phi) is 6.00. The maximum Gasteiger partial charge on any atom is 0.341 e. The van der Waals surface area contributed by atoms with Crippen LogP contribution in [0.2, 0.25) is 0 Å². The van der Waals surface area contributed by atoms with Gasteiger partial charge in [-0.3, -0.25) is 4.79 Å². The van der Waals surface area contributed by atoms with Crippen molar-refractivity contribution in [2.75, 3.05) is 11.9 Å². The molecule has 144 valence electrons. The van der Waals surface area contributed by atoms with E-state index in [-0.39, 0.29) is 11.9 Å². The van der Waals surface area contributed by atoms with Gasteiger partial charge in [0.1, 0.15) is 5.00 Å². The Morgan fingerprint density at radius 3 is 2.78 bits per heavy atom. The predicted molar refractivity (Wildman–Crippen MR) is 110 cm³/mol. The second kappa shape index (κ2) is 8.26. The minimum atomic E-state index is -0.327. The molecule has 0 fully saturated rings. The lowest BCUT2D eigenvalue weighted by molar-refractivity contribution is -0.115. The Balaban J connectivity index is 1.84. The summed E-state index contributed by atoms with van der Waals surface area (Å²) in [6, 6.07) is 6.10. The van der Waals surface area contributed by atoms with Crippen molar-refractivity contribution in [2.45, 2.75) is 53.4 Å². The average Bonchev–Trinajstić information content (AvgIpc) is 2.94. The van der Waals surface area contributed by atoms with Crippen molar-refractivity contribution >= 4 is 28.2 Å². The van der Waals surface area contributed by atoms with Crippen LogP contribution >= 0.6 is 11.3 Å². The zero-order valence-electron chi connectivity index (χ0n) is 16.5. The first kappa shape index (κ1) is 19.6. The molecular formula is C22H27NO3S. The van der Waals surface area contributed by atoms with Crippen LogP contribution in [0.5, 0.6) is 0 Å². The van der Waals surface area contributed by atoms with Crippen LogP contribution in [0.1, 0.15) is 57.8 Å². The number of amides is 1. The fourth-order valence-electron chi connectivity index (χ4n) is 3.65. The number of aryl methyl sites for hydroxylation is 2. The molecule has 0 radical (unpaired) electrons. The SMILES string of the molecule is CCOC(=O)c1c(NC(=O)Cc2ccc(C)cc2C)sc2c1CC[C@H](C)C2. The Bertz CT molecular complexity index is 869. The van der Waals surface area contributed by atoms with E-state index in [1.54, 1.807) is 6.92 Å². The molecule has 1 aliphatic rings. The number of rotatable bonds is 5. The van der Waals surface area contributed by atoms with Gasteiger partial charge in [-0.25, -0.2) is 4.79 Å². The van der Waals surface area contributed by atoms with Gasteiger partial charge in [-0.2, -0.15) is 0 Å². The monoisotopic (exact) mass is 385 g/mol. The number of benzene rings is 1. The van der Waals surface area contributed by atoms with E-state index in [1.165, 1.54) is 21.8 Å². The summed E-state index contributed by atoms with van der Waals surface area (Å²) in [5, 5.41) is 3.63. The molecule has 1 aliphatic carbocycles. The highest BCUT2D eigenvalue weighted by Crippen LogP contribution is 2.40. The van der Waals surface area contributed by atoms with Gasteiger partial charge in [0.05, 0.1) is 18.6 Å². The van der Waals surface area contributed by atoms with Crippen LogP contribution in [0.4, 0.5) is 5.00 Å². The molecule has 1 atom stereocenters. The normalized spacial score (nSPS) is 15.9. The fraction of sp³-hybridized carbons (Fsp3) is 0.455. The van der Waals surface area contributed by atoms with Gasteiger partial charge in [0, 0.05) is 4.88 Å². The first-order valence-electron chi connectivity index (χ1n) is 9.56. The van der Waals surface area contributed by atoms with Crippen molar-refractivity contribution < 1.29 is 14.3 Å². The maximum absolute atomic E-state index is 12.7. The van der Waals surface area contributed by atoms with Crippen LogP contribution < -0.4 is 5.32 Å². The third kappa shape index (κ3) is 4.41. The summed E-state index contributed by atoms with van der Waals surface area (Å²) in [7, 11) is 0. The van der Waals surface area contributed by atoms with Gasteiger partial charge < -0.3 is 10.1 Å². The van der Waals surface area contributed by atoms with E-state index >= 15 is 0 Å². The van der Waals surface area contributed by atoms with Crippen LogP contribution in [-0.4, -0.2) is 18.5 Å². The molecule has 1 N–H and O–H groups in total. The van der Waals surface area contributed by atoms with Crippen molar-refractivity contribution in [3.05, 3.63) is 50.9 Å². The molecule has 27 heavy (non-hydrogen) atoms. The van der Waals surface area contributed by atoms with Crippen molar-refractivity contribution in [1.82, 2.24) is 0 Å². The average molecular weight is 386 g/mol. The smallest absolute Gasteiger partial charge is 0.341 e. The largest absolute Gasteiger partial charge is 0.462 e. The molecule has 0 aliphatic heterocycles. The van der Waals surface area contributed by atoms with E-state index in [0.717, 1.165) is 36.0 Å². The lowest BCUT2D eigenvalue weighted by Crippen LogP contribution is -2.18. The maximum atomic E-state index is 12.7. The Hall–Kier alpha value is -2.14. The lowest BCUT2D eigenvalue weighted by Gasteiger charge is -2.18. The summed E-state index contributed by atoms with van der Waals surface area (Å²) in [5.74, 6) is 0.176. The summed E-state index contributed by atoms with van der Waals surface area (Å²) in [5.41, 5.74) is 4.93. The summed E-state index contributed by atoms with van der Waals surface area (Å²) in [4.78, 5) is 26.4. The molecule has 1 heterocycles. The molecule has 0 saturated heterocycles. The van der Waals surface area contributed by atoms with Crippen LogP contribution in [0, 0.1) is 19.8 Å². The van der Waals surface area contributed by atoms with Gasteiger partial charge >= 0.3 is 5.97 Å². The highest BCUT2D eigenvalue weighted by atomic mass is 32.1. The summed E-state index contributed by atoms with van der Waals surface area (Å²) in [6.07, 6.45) is 3.19. The number of ether oxygens (including phenoxy) is 1. The summed E-state index contributed by atoms with van der Waals surface area (Å²) < 4.78 is 5.27. The Morgan fingerprint density at radius 2 is 2.07 bits per heavy atom. The molecule has 5 heteroatoms. The quantitative estimate of drug-likeness (QED) is 0.749. The fourth-order valence-corrected chi connectivity index (χ4v) is 5.06. The van der Waals surface area contributed by atoms with E-state index in [9.17, 15) is 9.59 Å². The van der Waals surface area contributed by atoms with Crippen LogP contribution in [0.15, 0.2) is 18.2 Å². The number of anilines is 1. The van der Waals surface area contributed by atoms with Gasteiger partial charge in [-0.1, -0.05) is 30.7 Å². The second-order valence-electron chi connectivity index (χ2n) is 7.43. The molecule has 4 nitrogen and oxygen atoms in total. The molecule has 0 spiro atoms. The van der Waals surface area contributed by atoms with Gasteiger partial charge in [0.15, 0.2) is 0 Å². The Morgan fingerprint density at radius 1 is 1.30 bits per heavy atom. The number of hydrogen-bond acceptors (Lipinski definition) is 4. The summed E-state index contributed by atoms with van der Waals surface area (Å²) in [6.45, 7) is 8.42. The zero-order chi connectivity index (χ0) is 19.6. The summed E-state index contributed by atoms with van der Waals surface area (Å²) >= 11 is 1.53. The number of nitrogens with one attached hydrogen (secondary N) is 1. The van der Waals surface area contributed by atoms with Crippen LogP contribution in [0.3, 0.4) is 0 Å². The predicted octanol–water partition coefficient (Wildman–Crippen LogP) is 4.85. The third-order valence-corrected chi connectivity index (χ3v) is 6.26. The molecule has 2 aromatic rings. The highest BCUT2D eigenvalue weighted by molar-refractivity contribution is 7.17.